The van der Waals surface area contributed by atoms with Gasteiger partial charge < -0.3 is 49.1 Å². The van der Waals surface area contributed by atoms with Gasteiger partial charge >= 0.3 is 13.2 Å². The molecule has 8 aromatic rings. The van der Waals surface area contributed by atoms with Gasteiger partial charge in [0.2, 0.25) is 11.8 Å². The number of anilines is 2. The fourth-order valence-electron chi connectivity index (χ4n) is 10.4. The molecule has 0 saturated carbocycles. The van der Waals surface area contributed by atoms with Crippen molar-refractivity contribution in [1.29, 1.82) is 0 Å². The highest BCUT2D eigenvalue weighted by molar-refractivity contribution is 9.10. The molecule has 4 aliphatic heterocycles. The number of aromatic nitrogens is 12. The Labute approximate surface area is 517 Å². The number of piperidine rings is 2. The highest BCUT2D eigenvalue weighted by Gasteiger charge is 2.52. The second-order valence-electron chi connectivity index (χ2n) is 24.8. The predicted molar refractivity (Wildman–Crippen MR) is 339 cm³/mol. The molecule has 10 heterocycles. The van der Waals surface area contributed by atoms with E-state index >= 15 is 0 Å². The second-order valence-corrected chi connectivity index (χ2v) is 25.7. The number of rotatable bonds is 12. The SMILES string of the molecule is CC(C)(C)OC(=O)NC1CCN(c2cncc(-c3nn(C4CCCCO4)c4ccc(Br)cc34)n2)CC1.CC(C)Oc1cncc(-c2ccc3[nH]nc(-c4cncc(N5CCC(N)CC5)n4)c3c2)n1.CC(C)Oc1cncc(B2OC(C)(C)C(C)(C)O2)n1. The molecule has 0 aliphatic carbocycles. The molecule has 87 heavy (non-hydrogen) atoms. The lowest BCUT2D eigenvalue weighted by Gasteiger charge is -2.33. The smallest absolute Gasteiger partial charge is 0.474 e. The van der Waals surface area contributed by atoms with Gasteiger partial charge in [0, 0.05) is 71.9 Å². The maximum absolute atomic E-state index is 12.1. The van der Waals surface area contributed by atoms with Crippen LogP contribution in [0.4, 0.5) is 16.4 Å². The quantitative estimate of drug-likeness (QED) is 0.0960. The number of nitrogens with two attached hydrogens (primary N) is 1. The first-order valence-corrected chi connectivity index (χ1v) is 30.8. The van der Waals surface area contributed by atoms with Crippen molar-refractivity contribution in [3.63, 3.8) is 0 Å². The van der Waals surface area contributed by atoms with E-state index < -0.39 is 12.7 Å². The van der Waals surface area contributed by atoms with Crippen molar-refractivity contribution < 1.29 is 33.1 Å². The predicted octanol–water partition coefficient (Wildman–Crippen LogP) is 10.2. The fourth-order valence-corrected chi connectivity index (χ4v) is 10.8. The van der Waals surface area contributed by atoms with E-state index in [2.05, 4.69) is 83.3 Å². The molecule has 0 spiro atoms. The van der Waals surface area contributed by atoms with Crippen LogP contribution in [0.15, 0.2) is 90.4 Å². The molecular formula is C62H80BBrN16O7. The van der Waals surface area contributed by atoms with Crippen LogP contribution in [0.25, 0.3) is 55.8 Å². The molecule has 1 atom stereocenters. The van der Waals surface area contributed by atoms with Gasteiger partial charge in [-0.25, -0.2) is 29.4 Å². The molecule has 1 unspecified atom stereocenters. The van der Waals surface area contributed by atoms with Gasteiger partial charge in [-0.05, 0) is 151 Å². The van der Waals surface area contributed by atoms with Gasteiger partial charge in [0.15, 0.2) is 6.23 Å². The summed E-state index contributed by atoms with van der Waals surface area (Å²) in [6.45, 7) is 25.5. The minimum Gasteiger partial charge on any atom is -0.474 e. The molecule has 4 fully saturated rings. The number of fused-ring (bicyclic) bond motifs is 2. The van der Waals surface area contributed by atoms with E-state index in [1.807, 2.05) is 105 Å². The number of amides is 1. The number of benzene rings is 2. The zero-order valence-corrected chi connectivity index (χ0v) is 53.2. The standard InChI is InChI=1S/C26H33BrN6O3.C23H26N8O.C13H21BN2O3/c1-26(2,3)36-25(34)29-18-9-11-32(12-10-18)22-16-28-15-20(30-22)24-19-14-17(27)7-8-21(19)33(31-24)23-6-4-5-13-35-23;1-14(2)32-22-13-26-10-19(28-22)15-3-4-18-17(9-15)23(30-29-18)20-11-25-12-21(27-20)31-7-5-16(24)6-8-31;1-9(2)17-11-8-15-7-10(16-11)14-18-12(3,4)13(5,6)19-14/h7-8,14-16,18,23H,4-6,9-13H2,1-3H3,(H,29,34);3-4,9-14,16H,5-8,24H2,1-2H3,(H,29,30);7-9H,1-6H3. The number of aromatic amines is 1. The number of H-pyrrole nitrogens is 1. The zero-order chi connectivity index (χ0) is 61.6. The summed E-state index contributed by atoms with van der Waals surface area (Å²) in [6, 6.07) is 12.6. The number of carbonyl (C=O) groups is 1. The lowest BCUT2D eigenvalue weighted by Crippen LogP contribution is -2.46. The molecule has 1 amide bonds. The number of hydrogen-bond acceptors (Lipinski definition) is 20. The molecule has 4 aliphatic rings. The molecule has 6 aromatic heterocycles. The number of hydrogen-bond donors (Lipinski definition) is 3. The van der Waals surface area contributed by atoms with Gasteiger partial charge in [0.05, 0.1) is 89.1 Å². The Morgan fingerprint density at radius 1 is 0.713 bits per heavy atom. The van der Waals surface area contributed by atoms with Gasteiger partial charge in [0.1, 0.15) is 40.0 Å². The van der Waals surface area contributed by atoms with E-state index in [4.69, 9.17) is 49.1 Å². The minimum absolute atomic E-state index is 0.0315. The third kappa shape index (κ3) is 15.6. The van der Waals surface area contributed by atoms with Crippen molar-refractivity contribution in [2.45, 2.75) is 168 Å². The van der Waals surface area contributed by atoms with Crippen molar-refractivity contribution in [1.82, 2.24) is 65.2 Å². The summed E-state index contributed by atoms with van der Waals surface area (Å²) in [4.78, 5) is 52.7. The lowest BCUT2D eigenvalue weighted by molar-refractivity contribution is -0.0365. The van der Waals surface area contributed by atoms with Crippen LogP contribution in [-0.4, -0.2) is 147 Å². The maximum atomic E-state index is 12.1. The summed E-state index contributed by atoms with van der Waals surface area (Å²) in [6.07, 6.45) is 20.1. The summed E-state index contributed by atoms with van der Waals surface area (Å²) < 4.78 is 37.5. The van der Waals surface area contributed by atoms with Crippen LogP contribution in [0.2, 0.25) is 0 Å². The van der Waals surface area contributed by atoms with Crippen molar-refractivity contribution in [3.8, 4) is 45.8 Å². The normalized spacial score (nSPS) is 18.1. The first-order chi connectivity index (χ1) is 41.5. The summed E-state index contributed by atoms with van der Waals surface area (Å²) in [7, 11) is -0.506. The number of alkyl carbamates (subject to hydrolysis) is 1. The monoisotopic (exact) mass is 1250 g/mol. The highest BCUT2D eigenvalue weighted by Crippen LogP contribution is 2.38. The summed E-state index contributed by atoms with van der Waals surface area (Å²) in [5.74, 6) is 2.66. The Kier molecular flexibility index (Phi) is 19.3. The summed E-state index contributed by atoms with van der Waals surface area (Å²) >= 11 is 3.61. The average molecular weight is 1250 g/mol. The van der Waals surface area contributed by atoms with Gasteiger partial charge in [0.25, 0.3) is 0 Å². The number of nitrogens with one attached hydrogen (secondary N) is 2. The Bertz CT molecular complexity index is 3620. The molecule has 25 heteroatoms. The van der Waals surface area contributed by atoms with E-state index in [0.29, 0.717) is 17.4 Å². The van der Waals surface area contributed by atoms with E-state index in [1.54, 1.807) is 49.6 Å². The number of nitrogens with zero attached hydrogens (tertiary/aromatic N) is 13. The van der Waals surface area contributed by atoms with E-state index in [9.17, 15) is 4.79 Å². The highest BCUT2D eigenvalue weighted by atomic mass is 79.9. The van der Waals surface area contributed by atoms with E-state index in [-0.39, 0.29) is 47.8 Å². The molecular weight excluding hydrogens is 1170 g/mol. The average Bonchev–Trinajstić information content (AvgIpc) is 2.16. The van der Waals surface area contributed by atoms with Crippen molar-refractivity contribution >= 4 is 68.2 Å². The summed E-state index contributed by atoms with van der Waals surface area (Å²) in [5, 5.41) is 17.6. The molecule has 4 saturated heterocycles. The third-order valence-electron chi connectivity index (χ3n) is 15.5. The van der Waals surface area contributed by atoms with Gasteiger partial charge in [-0.1, -0.05) is 22.0 Å². The van der Waals surface area contributed by atoms with E-state index in [0.717, 1.165) is 150 Å². The number of halogens is 1. The van der Waals surface area contributed by atoms with Crippen LogP contribution in [0.3, 0.4) is 0 Å². The fraction of sp³-hybridized carbons (Fsp3) is 0.500. The molecule has 0 radical (unpaired) electrons. The topological polar surface area (TPSA) is 267 Å². The van der Waals surface area contributed by atoms with Crippen LogP contribution in [0.5, 0.6) is 11.8 Å². The van der Waals surface area contributed by atoms with Gasteiger partial charge in [-0.3, -0.25) is 25.0 Å². The van der Waals surface area contributed by atoms with Crippen LogP contribution in [0.1, 0.15) is 127 Å². The van der Waals surface area contributed by atoms with E-state index in [1.165, 1.54) is 0 Å². The molecule has 0 bridgehead atoms. The Morgan fingerprint density at radius 3 is 1.93 bits per heavy atom. The van der Waals surface area contributed by atoms with Crippen molar-refractivity contribution in [2.24, 2.45) is 5.73 Å². The molecule has 23 nitrogen and oxygen atoms in total. The molecule has 4 N–H and O–H groups in total. The Balaban J connectivity index is 0.000000151. The zero-order valence-electron chi connectivity index (χ0n) is 51.7. The maximum Gasteiger partial charge on any atom is 0.516 e. The Hall–Kier alpha value is -7.45. The molecule has 460 valence electrons. The third-order valence-corrected chi connectivity index (χ3v) is 16.0. The van der Waals surface area contributed by atoms with Gasteiger partial charge in [-0.2, -0.15) is 10.2 Å². The Morgan fingerprint density at radius 2 is 1.31 bits per heavy atom. The minimum atomic E-state index is -0.506. The largest absolute Gasteiger partial charge is 0.516 e. The molecule has 2 aromatic carbocycles. The first-order valence-electron chi connectivity index (χ1n) is 30.1. The number of ether oxygens (including phenoxy) is 4. The van der Waals surface area contributed by atoms with Crippen molar-refractivity contribution in [2.75, 3.05) is 42.6 Å². The first kappa shape index (κ1) is 62.6. The van der Waals surface area contributed by atoms with Crippen LogP contribution < -0.4 is 35.9 Å². The van der Waals surface area contributed by atoms with Crippen LogP contribution >= 0.6 is 15.9 Å². The van der Waals surface area contributed by atoms with Gasteiger partial charge in [-0.15, -0.1) is 0 Å². The van der Waals surface area contributed by atoms with Crippen LogP contribution in [0, 0.1) is 0 Å². The lowest BCUT2D eigenvalue weighted by atomic mass is 9.85. The molecule has 12 rings (SSSR count). The summed E-state index contributed by atoms with van der Waals surface area (Å²) in [5.41, 5.74) is 12.0. The second kappa shape index (κ2) is 26.9. The van der Waals surface area contributed by atoms with Crippen molar-refractivity contribution in [3.05, 3.63) is 90.4 Å². The number of carbonyl (C=O) groups excluding carboxylic acids is 1. The van der Waals surface area contributed by atoms with Crippen LogP contribution in [-0.2, 0) is 18.8 Å².